The molecule has 100 valence electrons. The quantitative estimate of drug-likeness (QED) is 0.873. The first kappa shape index (κ1) is 14.6. The van der Waals surface area contributed by atoms with E-state index < -0.39 is 0 Å². The number of anilines is 1. The van der Waals surface area contributed by atoms with E-state index in [-0.39, 0.29) is 17.9 Å². The van der Waals surface area contributed by atoms with Gasteiger partial charge in [-0.15, -0.1) is 11.3 Å². The van der Waals surface area contributed by atoms with E-state index in [2.05, 4.69) is 10.3 Å². The summed E-state index contributed by atoms with van der Waals surface area (Å²) in [6.07, 6.45) is 0. The Morgan fingerprint density at radius 2 is 2.28 bits per heavy atom. The van der Waals surface area contributed by atoms with Gasteiger partial charge < -0.3 is 15.0 Å². The number of carbonyl (C=O) groups excluding carboxylic acids is 2. The molecule has 0 fully saturated rings. The summed E-state index contributed by atoms with van der Waals surface area (Å²) in [5.74, 6) is -0.392. The van der Waals surface area contributed by atoms with Crippen LogP contribution in [0.3, 0.4) is 0 Å². The first-order valence-electron chi connectivity index (χ1n) is 5.45. The van der Waals surface area contributed by atoms with Crippen molar-refractivity contribution in [3.63, 3.8) is 0 Å². The minimum absolute atomic E-state index is 0.0339. The Morgan fingerprint density at radius 3 is 2.83 bits per heavy atom. The zero-order valence-electron chi connectivity index (χ0n) is 10.9. The van der Waals surface area contributed by atoms with Crippen LogP contribution in [0.15, 0.2) is 5.38 Å². The van der Waals surface area contributed by atoms with Crippen molar-refractivity contribution in [1.29, 1.82) is 0 Å². The molecule has 0 aliphatic carbocycles. The fourth-order valence-electron chi connectivity index (χ4n) is 1.31. The van der Waals surface area contributed by atoms with Gasteiger partial charge in [-0.25, -0.2) is 4.98 Å². The molecule has 2 amide bonds. The molecule has 1 atom stereocenters. The summed E-state index contributed by atoms with van der Waals surface area (Å²) in [4.78, 5) is 28.6. The van der Waals surface area contributed by atoms with E-state index in [9.17, 15) is 9.59 Å². The zero-order valence-corrected chi connectivity index (χ0v) is 11.7. The van der Waals surface area contributed by atoms with Crippen molar-refractivity contribution in [3.05, 3.63) is 11.1 Å². The minimum atomic E-state index is -0.204. The molecule has 1 aromatic rings. The summed E-state index contributed by atoms with van der Waals surface area (Å²) in [7, 11) is 3.29. The minimum Gasteiger partial charge on any atom is -0.383 e. The van der Waals surface area contributed by atoms with Crippen molar-refractivity contribution < 1.29 is 14.3 Å². The third-order valence-electron chi connectivity index (χ3n) is 2.40. The monoisotopic (exact) mass is 271 g/mol. The number of ether oxygens (including phenoxy) is 1. The number of hydrogen-bond donors (Lipinski definition) is 1. The normalized spacial score (nSPS) is 12.0. The Kier molecular flexibility index (Phi) is 5.24. The van der Waals surface area contributed by atoms with Crippen LogP contribution in [0.5, 0.6) is 0 Å². The highest BCUT2D eigenvalue weighted by Gasteiger charge is 2.20. The van der Waals surface area contributed by atoms with Crippen LogP contribution in [-0.2, 0) is 9.53 Å². The second-order valence-electron chi connectivity index (χ2n) is 3.94. The molecule has 1 aromatic heterocycles. The maximum atomic E-state index is 12.1. The maximum Gasteiger partial charge on any atom is 0.273 e. The van der Waals surface area contributed by atoms with Gasteiger partial charge in [-0.1, -0.05) is 0 Å². The van der Waals surface area contributed by atoms with Gasteiger partial charge in [-0.05, 0) is 6.92 Å². The molecule has 1 N–H and O–H groups in total. The van der Waals surface area contributed by atoms with Gasteiger partial charge in [0.15, 0.2) is 5.13 Å². The van der Waals surface area contributed by atoms with Gasteiger partial charge >= 0.3 is 0 Å². The van der Waals surface area contributed by atoms with Crippen molar-refractivity contribution in [3.8, 4) is 0 Å². The van der Waals surface area contributed by atoms with Crippen LogP contribution in [-0.4, -0.2) is 48.5 Å². The van der Waals surface area contributed by atoms with Crippen LogP contribution >= 0.6 is 11.3 Å². The summed E-state index contributed by atoms with van der Waals surface area (Å²) >= 11 is 1.23. The van der Waals surface area contributed by atoms with Crippen LogP contribution in [0.2, 0.25) is 0 Å². The van der Waals surface area contributed by atoms with E-state index in [1.54, 1.807) is 24.4 Å². The van der Waals surface area contributed by atoms with E-state index in [0.717, 1.165) is 0 Å². The van der Waals surface area contributed by atoms with Gasteiger partial charge in [-0.3, -0.25) is 9.59 Å². The lowest BCUT2D eigenvalue weighted by atomic mass is 10.3. The number of hydrogen-bond acceptors (Lipinski definition) is 5. The smallest absolute Gasteiger partial charge is 0.273 e. The summed E-state index contributed by atoms with van der Waals surface area (Å²) in [6.45, 7) is 3.75. The summed E-state index contributed by atoms with van der Waals surface area (Å²) < 4.78 is 5.00. The number of thiazole rings is 1. The molecular weight excluding hydrogens is 254 g/mol. The van der Waals surface area contributed by atoms with Crippen LogP contribution in [0.4, 0.5) is 5.13 Å². The molecular formula is C11H17N3O3S. The van der Waals surface area contributed by atoms with Crippen molar-refractivity contribution in [1.82, 2.24) is 9.88 Å². The van der Waals surface area contributed by atoms with E-state index in [4.69, 9.17) is 4.74 Å². The molecule has 1 rings (SSSR count). The first-order chi connectivity index (χ1) is 8.45. The molecule has 6 nitrogen and oxygen atoms in total. The lowest BCUT2D eigenvalue weighted by molar-refractivity contribution is -0.114. The van der Waals surface area contributed by atoms with Gasteiger partial charge in [0.05, 0.1) is 12.6 Å². The number of methoxy groups -OCH3 is 1. The molecule has 0 aliphatic rings. The number of rotatable bonds is 5. The number of amides is 2. The van der Waals surface area contributed by atoms with E-state index in [0.29, 0.717) is 17.4 Å². The van der Waals surface area contributed by atoms with Crippen LogP contribution < -0.4 is 5.32 Å². The topological polar surface area (TPSA) is 71.5 Å². The molecule has 0 aromatic carbocycles. The summed E-state index contributed by atoms with van der Waals surface area (Å²) in [5, 5.41) is 4.60. The Hall–Kier alpha value is -1.47. The second-order valence-corrected chi connectivity index (χ2v) is 4.80. The summed E-state index contributed by atoms with van der Waals surface area (Å²) in [6, 6.07) is -0.0339. The molecule has 18 heavy (non-hydrogen) atoms. The largest absolute Gasteiger partial charge is 0.383 e. The third kappa shape index (κ3) is 3.78. The van der Waals surface area contributed by atoms with E-state index in [1.165, 1.54) is 18.3 Å². The molecule has 7 heteroatoms. The fourth-order valence-corrected chi connectivity index (χ4v) is 2.04. The first-order valence-corrected chi connectivity index (χ1v) is 6.33. The highest BCUT2D eigenvalue weighted by molar-refractivity contribution is 7.14. The fraction of sp³-hybridized carbons (Fsp3) is 0.545. The molecule has 0 aliphatic heterocycles. The molecule has 0 saturated carbocycles. The zero-order chi connectivity index (χ0) is 13.7. The van der Waals surface area contributed by atoms with Gasteiger partial charge in [0, 0.05) is 26.5 Å². The van der Waals surface area contributed by atoms with Crippen LogP contribution in [0, 0.1) is 0 Å². The molecule has 0 unspecified atom stereocenters. The Bertz CT molecular complexity index is 433. The lowest BCUT2D eigenvalue weighted by Crippen LogP contribution is -2.37. The highest BCUT2D eigenvalue weighted by Crippen LogP contribution is 2.17. The molecule has 0 radical (unpaired) electrons. The number of nitrogens with one attached hydrogen (secondary N) is 1. The van der Waals surface area contributed by atoms with Crippen molar-refractivity contribution in [2.24, 2.45) is 0 Å². The molecule has 0 spiro atoms. The lowest BCUT2D eigenvalue weighted by Gasteiger charge is -2.23. The molecule has 0 saturated heterocycles. The third-order valence-corrected chi connectivity index (χ3v) is 3.15. The average molecular weight is 271 g/mol. The Morgan fingerprint density at radius 1 is 1.61 bits per heavy atom. The number of nitrogens with zero attached hydrogens (tertiary/aromatic N) is 2. The SMILES string of the molecule is COC[C@H](C)N(C)C(=O)c1csc(NC(C)=O)n1. The van der Waals surface area contributed by atoms with Crippen molar-refractivity contribution in [2.45, 2.75) is 19.9 Å². The van der Waals surface area contributed by atoms with Gasteiger partial charge in [0.2, 0.25) is 5.91 Å². The predicted octanol–water partition coefficient (Wildman–Crippen LogP) is 1.21. The van der Waals surface area contributed by atoms with Gasteiger partial charge in [0.25, 0.3) is 5.91 Å². The number of aromatic nitrogens is 1. The standard InChI is InChI=1S/C11H17N3O3S/c1-7(5-17-4)14(3)10(16)9-6-18-11(13-9)12-8(2)15/h6-7H,5H2,1-4H3,(H,12,13,15)/t7-/m0/s1. The Labute approximate surface area is 110 Å². The van der Waals surface area contributed by atoms with Gasteiger partial charge in [-0.2, -0.15) is 0 Å². The predicted molar refractivity (Wildman–Crippen MR) is 69.8 cm³/mol. The number of carbonyl (C=O) groups is 2. The van der Waals surface area contributed by atoms with E-state index >= 15 is 0 Å². The van der Waals surface area contributed by atoms with Gasteiger partial charge in [0.1, 0.15) is 5.69 Å². The number of likely N-dealkylation sites (N-methyl/N-ethyl adjacent to an activating group) is 1. The van der Waals surface area contributed by atoms with Crippen molar-refractivity contribution in [2.75, 3.05) is 26.1 Å². The average Bonchev–Trinajstić information content (AvgIpc) is 2.75. The second kappa shape index (κ2) is 6.46. The Balaban J connectivity index is 2.71. The van der Waals surface area contributed by atoms with E-state index in [1.807, 2.05) is 6.92 Å². The van der Waals surface area contributed by atoms with Crippen molar-refractivity contribution >= 4 is 28.3 Å². The summed E-state index contributed by atoms with van der Waals surface area (Å²) in [5.41, 5.74) is 0.328. The maximum absolute atomic E-state index is 12.1. The van der Waals surface area contributed by atoms with Crippen LogP contribution in [0.25, 0.3) is 0 Å². The molecule has 0 bridgehead atoms. The molecule has 1 heterocycles. The van der Waals surface area contributed by atoms with Crippen LogP contribution in [0.1, 0.15) is 24.3 Å². The highest BCUT2D eigenvalue weighted by atomic mass is 32.1.